The number of aromatic amines is 1. The summed E-state index contributed by atoms with van der Waals surface area (Å²) in [6.07, 6.45) is 2.53. The highest BCUT2D eigenvalue weighted by Gasteiger charge is 2.26. The van der Waals surface area contributed by atoms with Crippen LogP contribution in [-0.2, 0) is 27.2 Å². The Morgan fingerprint density at radius 2 is 1.84 bits per heavy atom. The third kappa shape index (κ3) is 4.90. The molecule has 0 saturated carbocycles. The molecule has 6 nitrogen and oxygen atoms in total. The lowest BCUT2D eigenvalue weighted by Crippen LogP contribution is -2.50. The van der Waals surface area contributed by atoms with Gasteiger partial charge in [0.2, 0.25) is 5.91 Å². The van der Waals surface area contributed by atoms with E-state index < -0.39 is 18.1 Å². The van der Waals surface area contributed by atoms with E-state index >= 15 is 0 Å². The summed E-state index contributed by atoms with van der Waals surface area (Å²) in [4.78, 5) is 28.3. The number of benzene rings is 2. The molecule has 2 aromatic carbocycles. The molecule has 0 unspecified atom stereocenters. The highest BCUT2D eigenvalue weighted by atomic mass is 32.1. The van der Waals surface area contributed by atoms with E-state index in [4.69, 9.17) is 10.5 Å². The van der Waals surface area contributed by atoms with Crippen LogP contribution in [0.3, 0.4) is 0 Å². The molecule has 0 saturated heterocycles. The number of H-pyrrole nitrogens is 1. The molecule has 32 heavy (non-hydrogen) atoms. The van der Waals surface area contributed by atoms with Crippen molar-refractivity contribution >= 4 is 34.1 Å². The van der Waals surface area contributed by atoms with Crippen molar-refractivity contribution in [3.05, 3.63) is 82.7 Å². The molecule has 0 aliphatic carbocycles. The number of amides is 1. The predicted octanol–water partition coefficient (Wildman–Crippen LogP) is 3.67. The minimum atomic E-state index is -0.821. The molecule has 4 N–H and O–H groups in total. The van der Waals surface area contributed by atoms with Crippen LogP contribution in [0.25, 0.3) is 22.0 Å². The predicted molar refractivity (Wildman–Crippen MR) is 127 cm³/mol. The van der Waals surface area contributed by atoms with Crippen molar-refractivity contribution in [1.29, 1.82) is 0 Å². The summed E-state index contributed by atoms with van der Waals surface area (Å²) >= 11 is 1.65. The first kappa shape index (κ1) is 21.8. The number of ether oxygens (including phenoxy) is 1. The molecule has 0 spiro atoms. The number of nitrogens with one attached hydrogen (secondary N) is 2. The second kappa shape index (κ2) is 9.80. The lowest BCUT2D eigenvalue weighted by molar-refractivity contribution is -0.145. The van der Waals surface area contributed by atoms with Gasteiger partial charge in [-0.2, -0.15) is 11.3 Å². The fourth-order valence-corrected chi connectivity index (χ4v) is 4.41. The SMILES string of the molecule is COC(=O)[C@H](Cc1c[nH]c2ccccc12)NC(=O)[C@@H](N)Cc1ccc(-c2ccsc2)cc1. The molecule has 0 bridgehead atoms. The monoisotopic (exact) mass is 447 g/mol. The van der Waals surface area contributed by atoms with Crippen molar-refractivity contribution in [2.45, 2.75) is 24.9 Å². The van der Waals surface area contributed by atoms with Gasteiger partial charge in [-0.05, 0) is 51.6 Å². The largest absolute Gasteiger partial charge is 0.467 e. The molecule has 0 aliphatic rings. The number of rotatable bonds is 8. The Balaban J connectivity index is 1.41. The van der Waals surface area contributed by atoms with E-state index in [1.165, 1.54) is 12.7 Å². The van der Waals surface area contributed by atoms with Crippen LogP contribution in [-0.4, -0.2) is 36.1 Å². The topological polar surface area (TPSA) is 97.2 Å². The number of para-hydroxylation sites is 1. The molecule has 1 amide bonds. The number of hydrogen-bond acceptors (Lipinski definition) is 5. The fourth-order valence-electron chi connectivity index (χ4n) is 3.74. The normalized spacial score (nSPS) is 12.9. The van der Waals surface area contributed by atoms with Gasteiger partial charge < -0.3 is 20.8 Å². The molecule has 2 heterocycles. The standard InChI is InChI=1S/C25H25N3O3S/c1-31-25(30)23(13-19-14-27-22-5-3-2-4-20(19)22)28-24(29)21(26)12-16-6-8-17(9-7-16)18-10-11-32-15-18/h2-11,14-15,21,23,27H,12-13,26H2,1H3,(H,28,29)/t21-,23-/m0/s1. The first-order valence-electron chi connectivity index (χ1n) is 10.4. The smallest absolute Gasteiger partial charge is 0.328 e. The molecule has 2 aromatic heterocycles. The molecular formula is C25H25N3O3S. The van der Waals surface area contributed by atoms with Crippen molar-refractivity contribution in [3.8, 4) is 11.1 Å². The number of carbonyl (C=O) groups is 2. The van der Waals surface area contributed by atoms with Crippen LogP contribution < -0.4 is 11.1 Å². The van der Waals surface area contributed by atoms with Crippen LogP contribution >= 0.6 is 11.3 Å². The summed E-state index contributed by atoms with van der Waals surface area (Å²) in [6, 6.07) is 16.3. The van der Waals surface area contributed by atoms with Crippen molar-refractivity contribution < 1.29 is 14.3 Å². The van der Waals surface area contributed by atoms with Crippen LogP contribution in [0.1, 0.15) is 11.1 Å². The van der Waals surface area contributed by atoms with Crippen LogP contribution in [0.5, 0.6) is 0 Å². The van der Waals surface area contributed by atoms with Crippen LogP contribution in [0, 0.1) is 0 Å². The molecule has 0 aliphatic heterocycles. The van der Waals surface area contributed by atoms with E-state index in [9.17, 15) is 9.59 Å². The number of fused-ring (bicyclic) bond motifs is 1. The molecule has 0 radical (unpaired) electrons. The van der Waals surface area contributed by atoms with Gasteiger partial charge in [0.1, 0.15) is 6.04 Å². The second-order valence-corrected chi connectivity index (χ2v) is 8.45. The van der Waals surface area contributed by atoms with Crippen molar-refractivity contribution in [1.82, 2.24) is 10.3 Å². The third-order valence-electron chi connectivity index (χ3n) is 5.50. The number of carbonyl (C=O) groups excluding carboxylic acids is 2. The maximum Gasteiger partial charge on any atom is 0.328 e. The van der Waals surface area contributed by atoms with Gasteiger partial charge in [0.25, 0.3) is 0 Å². The summed E-state index contributed by atoms with van der Waals surface area (Å²) < 4.78 is 4.92. The number of aromatic nitrogens is 1. The van der Waals surface area contributed by atoms with E-state index in [0.29, 0.717) is 12.8 Å². The van der Waals surface area contributed by atoms with Crippen LogP contribution in [0.15, 0.2) is 71.6 Å². The van der Waals surface area contributed by atoms with Crippen LogP contribution in [0.2, 0.25) is 0 Å². The van der Waals surface area contributed by atoms with Gasteiger partial charge >= 0.3 is 5.97 Å². The van der Waals surface area contributed by atoms with Gasteiger partial charge in [0.05, 0.1) is 13.2 Å². The van der Waals surface area contributed by atoms with E-state index in [-0.39, 0.29) is 5.91 Å². The Kier molecular flexibility index (Phi) is 6.68. The summed E-state index contributed by atoms with van der Waals surface area (Å²) in [7, 11) is 1.31. The van der Waals surface area contributed by atoms with E-state index in [1.54, 1.807) is 11.3 Å². The first-order valence-corrected chi connectivity index (χ1v) is 11.3. The highest BCUT2D eigenvalue weighted by Crippen LogP contribution is 2.23. The number of thiophene rings is 1. The maximum atomic E-state index is 12.8. The lowest BCUT2D eigenvalue weighted by atomic mass is 10.0. The van der Waals surface area contributed by atoms with Crippen molar-refractivity contribution in [2.75, 3.05) is 7.11 Å². The molecule has 7 heteroatoms. The maximum absolute atomic E-state index is 12.8. The van der Waals surface area contributed by atoms with Gasteiger partial charge in [-0.25, -0.2) is 4.79 Å². The fraction of sp³-hybridized carbons (Fsp3) is 0.200. The number of esters is 1. The van der Waals surface area contributed by atoms with Gasteiger partial charge in [-0.3, -0.25) is 4.79 Å². The average Bonchev–Trinajstić information content (AvgIpc) is 3.49. The Morgan fingerprint density at radius 1 is 1.06 bits per heavy atom. The van der Waals surface area contributed by atoms with E-state index in [0.717, 1.165) is 27.6 Å². The summed E-state index contributed by atoms with van der Waals surface area (Å²) in [5.41, 5.74) is 11.3. The second-order valence-electron chi connectivity index (χ2n) is 7.67. The zero-order chi connectivity index (χ0) is 22.5. The quantitative estimate of drug-likeness (QED) is 0.359. The van der Waals surface area contributed by atoms with Crippen LogP contribution in [0.4, 0.5) is 0 Å². The molecule has 164 valence electrons. The molecule has 4 rings (SSSR count). The van der Waals surface area contributed by atoms with Crippen molar-refractivity contribution in [2.24, 2.45) is 5.73 Å². The summed E-state index contributed by atoms with van der Waals surface area (Å²) in [5.74, 6) is -0.891. The lowest BCUT2D eigenvalue weighted by Gasteiger charge is -2.19. The van der Waals surface area contributed by atoms with Gasteiger partial charge in [0.15, 0.2) is 0 Å². The highest BCUT2D eigenvalue weighted by molar-refractivity contribution is 7.08. The summed E-state index contributed by atoms with van der Waals surface area (Å²) in [5, 5.41) is 7.91. The zero-order valence-corrected chi connectivity index (χ0v) is 18.5. The van der Waals surface area contributed by atoms with Crippen molar-refractivity contribution in [3.63, 3.8) is 0 Å². The average molecular weight is 448 g/mol. The number of hydrogen-bond donors (Lipinski definition) is 3. The molecule has 4 aromatic rings. The third-order valence-corrected chi connectivity index (χ3v) is 6.19. The Hall–Kier alpha value is -3.42. The molecule has 2 atom stereocenters. The van der Waals surface area contributed by atoms with E-state index in [2.05, 4.69) is 21.7 Å². The first-order chi connectivity index (χ1) is 15.5. The minimum absolute atomic E-state index is 0.310. The minimum Gasteiger partial charge on any atom is -0.467 e. The Morgan fingerprint density at radius 3 is 2.56 bits per heavy atom. The summed E-state index contributed by atoms with van der Waals surface area (Å²) in [6.45, 7) is 0. The van der Waals surface area contributed by atoms with Gasteiger partial charge in [-0.1, -0.05) is 42.5 Å². The zero-order valence-electron chi connectivity index (χ0n) is 17.7. The number of methoxy groups -OCH3 is 1. The van der Waals surface area contributed by atoms with E-state index in [1.807, 2.05) is 60.1 Å². The Bertz CT molecular complexity index is 1200. The Labute approximate surface area is 190 Å². The molecular weight excluding hydrogens is 422 g/mol. The number of nitrogens with two attached hydrogens (primary N) is 1. The van der Waals surface area contributed by atoms with Gasteiger partial charge in [-0.15, -0.1) is 0 Å². The molecule has 0 fully saturated rings. The van der Waals surface area contributed by atoms with Gasteiger partial charge in [0, 0.05) is 23.5 Å².